The van der Waals surface area contributed by atoms with E-state index in [9.17, 15) is 0 Å². The zero-order valence-electron chi connectivity index (χ0n) is 21.9. The van der Waals surface area contributed by atoms with E-state index < -0.39 is 0 Å². The van der Waals surface area contributed by atoms with E-state index in [1.807, 2.05) is 39.1 Å². The van der Waals surface area contributed by atoms with Crippen LogP contribution in [0.4, 0.5) is 0 Å². The van der Waals surface area contributed by atoms with Crippen LogP contribution >= 0.6 is 11.6 Å². The highest BCUT2D eigenvalue weighted by molar-refractivity contribution is 6.21. The van der Waals surface area contributed by atoms with E-state index in [0.717, 1.165) is 55.1 Å². The molecule has 0 aliphatic carbocycles. The Labute approximate surface area is 207 Å². The predicted octanol–water partition coefficient (Wildman–Crippen LogP) is 6.94. The molecule has 6 heteroatoms. The van der Waals surface area contributed by atoms with Crippen LogP contribution in [0.5, 0.6) is 11.5 Å². The Hall–Kier alpha value is -2.24. The maximum Gasteiger partial charge on any atom is 0.161 e. The minimum absolute atomic E-state index is 0.0460. The van der Waals surface area contributed by atoms with Gasteiger partial charge in [0.2, 0.25) is 0 Å². The van der Waals surface area contributed by atoms with E-state index in [2.05, 4.69) is 55.0 Å². The average molecular weight is 478 g/mol. The van der Waals surface area contributed by atoms with Crippen LogP contribution in [-0.2, 0) is 6.54 Å². The Kier molecular flexibility index (Phi) is 17.0. The number of nitrogens with one attached hydrogen (secondary N) is 1. The molecule has 0 aliphatic rings. The molecule has 186 valence electrons. The molecule has 5 nitrogen and oxygen atoms in total. The highest BCUT2D eigenvalue weighted by Gasteiger charge is 2.08. The predicted molar refractivity (Wildman–Crippen MR) is 145 cm³/mol. The van der Waals surface area contributed by atoms with E-state index in [-0.39, 0.29) is 5.38 Å². The summed E-state index contributed by atoms with van der Waals surface area (Å²) >= 11 is 6.07. The molecule has 0 aliphatic heterocycles. The van der Waals surface area contributed by atoms with Gasteiger partial charge < -0.3 is 14.4 Å². The number of hydrogen-bond donors (Lipinski definition) is 1. The molecule has 0 amide bonds. The second kappa shape index (κ2) is 18.2. The highest BCUT2D eigenvalue weighted by atomic mass is 35.5. The average Bonchev–Trinajstić information content (AvgIpc) is 2.84. The van der Waals surface area contributed by atoms with Crippen molar-refractivity contribution in [3.8, 4) is 11.5 Å². The van der Waals surface area contributed by atoms with E-state index in [0.29, 0.717) is 0 Å². The fraction of sp³-hybridized carbons (Fsp3) is 0.519. The number of ether oxygens (including phenoxy) is 2. The Morgan fingerprint density at radius 2 is 1.88 bits per heavy atom. The fourth-order valence-electron chi connectivity index (χ4n) is 2.91. The maximum absolute atomic E-state index is 6.07. The summed E-state index contributed by atoms with van der Waals surface area (Å²) in [5.74, 6) is 1.50. The molecule has 0 radical (unpaired) electrons. The summed E-state index contributed by atoms with van der Waals surface area (Å²) < 4.78 is 10.7. The Morgan fingerprint density at radius 1 is 1.21 bits per heavy atom. The van der Waals surface area contributed by atoms with Gasteiger partial charge >= 0.3 is 0 Å². The van der Waals surface area contributed by atoms with Crippen LogP contribution in [0, 0.1) is 0 Å². The maximum atomic E-state index is 6.07. The smallest absolute Gasteiger partial charge is 0.161 e. The molecule has 33 heavy (non-hydrogen) atoms. The van der Waals surface area contributed by atoms with Gasteiger partial charge in [-0.2, -0.15) is 5.10 Å². The third-order valence-corrected chi connectivity index (χ3v) is 5.43. The molecule has 1 atom stereocenters. The molecule has 0 saturated heterocycles. The lowest BCUT2D eigenvalue weighted by molar-refractivity contribution is 0.324. The second-order valence-corrected chi connectivity index (χ2v) is 8.16. The van der Waals surface area contributed by atoms with Gasteiger partial charge in [-0.1, -0.05) is 44.6 Å². The molecule has 1 rings (SSSR count). The van der Waals surface area contributed by atoms with Crippen molar-refractivity contribution in [2.75, 3.05) is 27.8 Å². The first kappa shape index (κ1) is 30.8. The van der Waals surface area contributed by atoms with Gasteiger partial charge in [0.1, 0.15) is 0 Å². The van der Waals surface area contributed by atoms with E-state index >= 15 is 0 Å². The number of benzene rings is 1. The van der Waals surface area contributed by atoms with E-state index in [4.69, 9.17) is 21.1 Å². The number of alkyl halides is 1. The molecule has 0 spiro atoms. The molecule has 0 bridgehead atoms. The van der Waals surface area contributed by atoms with Crippen LogP contribution in [-0.4, -0.2) is 44.3 Å². The number of halogens is 1. The van der Waals surface area contributed by atoms with Crippen LogP contribution in [0.25, 0.3) is 0 Å². The Morgan fingerprint density at radius 3 is 2.45 bits per heavy atom. The quantitative estimate of drug-likeness (QED) is 0.136. The van der Waals surface area contributed by atoms with Gasteiger partial charge in [0, 0.05) is 31.4 Å². The number of rotatable bonds is 14. The Balaban J connectivity index is 0.00000497. The van der Waals surface area contributed by atoms with Crippen LogP contribution in [0.15, 0.2) is 58.9 Å². The molecule has 1 N–H and O–H groups in total. The summed E-state index contributed by atoms with van der Waals surface area (Å²) in [4.78, 5) is 2.29. The minimum atomic E-state index is -0.0460. The summed E-state index contributed by atoms with van der Waals surface area (Å²) in [6.07, 6.45) is 8.27. The number of allylic oxidation sites excluding steroid dienone is 4. The lowest BCUT2D eigenvalue weighted by atomic mass is 10.1. The van der Waals surface area contributed by atoms with Crippen molar-refractivity contribution in [3.05, 3.63) is 59.3 Å². The number of hydrogen-bond acceptors (Lipinski definition) is 5. The zero-order chi connectivity index (χ0) is 25.2. The van der Waals surface area contributed by atoms with Crippen molar-refractivity contribution in [1.82, 2.24) is 10.3 Å². The van der Waals surface area contributed by atoms with Gasteiger partial charge in [0.25, 0.3) is 0 Å². The van der Waals surface area contributed by atoms with Crippen molar-refractivity contribution >= 4 is 17.8 Å². The van der Waals surface area contributed by atoms with Crippen LogP contribution in [0.3, 0.4) is 0 Å². The summed E-state index contributed by atoms with van der Waals surface area (Å²) in [7, 11) is 5.43. The van der Waals surface area contributed by atoms with Gasteiger partial charge in [0.05, 0.1) is 19.6 Å². The normalized spacial score (nSPS) is 13.2. The zero-order valence-corrected chi connectivity index (χ0v) is 22.6. The monoisotopic (exact) mass is 477 g/mol. The molecule has 0 fully saturated rings. The number of nitrogens with zero attached hydrogens (tertiary/aromatic N) is 2. The molecule has 1 aromatic carbocycles. The van der Waals surface area contributed by atoms with E-state index in [1.54, 1.807) is 20.3 Å². The molecule has 0 aromatic heterocycles. The lowest BCUT2D eigenvalue weighted by Gasteiger charge is -2.19. The molecule has 0 heterocycles. The topological polar surface area (TPSA) is 46.1 Å². The largest absolute Gasteiger partial charge is 0.493 e. The molecular formula is C27H44ClN3O2. The fourth-order valence-corrected chi connectivity index (χ4v) is 3.00. The van der Waals surface area contributed by atoms with Gasteiger partial charge in [-0.15, -0.1) is 18.2 Å². The summed E-state index contributed by atoms with van der Waals surface area (Å²) in [5, 5.41) is 4.38. The summed E-state index contributed by atoms with van der Waals surface area (Å²) in [6.45, 7) is 15.8. The Bertz CT molecular complexity index is 788. The van der Waals surface area contributed by atoms with Gasteiger partial charge in [-0.25, -0.2) is 0 Å². The summed E-state index contributed by atoms with van der Waals surface area (Å²) in [5.41, 5.74) is 7.97. The first-order valence-electron chi connectivity index (χ1n) is 11.6. The standard InChI is InChI=1S/C25H38ClN3O2.C2H6/c1-8-20(4)23(28-27-17-19(3)10-12-22(26)9-2)14-15-29(5)18-21-11-13-24(30-6)25(16-21)31-7;1-2/h9-11,13,16-17,22,28H,2,8,12,14-15,18H2,1,3-7H3;1-2H3/b19-10+,23-20+,27-17+;. The molecule has 1 aromatic rings. The van der Waals surface area contributed by atoms with Crippen molar-refractivity contribution in [2.24, 2.45) is 5.10 Å². The molecular weight excluding hydrogens is 434 g/mol. The minimum Gasteiger partial charge on any atom is -0.493 e. The van der Waals surface area contributed by atoms with Gasteiger partial charge in [-0.05, 0) is 57.0 Å². The van der Waals surface area contributed by atoms with Gasteiger partial charge in [-0.3, -0.25) is 5.43 Å². The SMILES string of the molecule is C=CC(Cl)C/C=C(C)/C=N/N/C(CCN(C)Cc1ccc(OC)c(OC)c1)=C(\C)CC.CC. The van der Waals surface area contributed by atoms with Crippen molar-refractivity contribution < 1.29 is 9.47 Å². The highest BCUT2D eigenvalue weighted by Crippen LogP contribution is 2.28. The third kappa shape index (κ3) is 12.5. The third-order valence-electron chi connectivity index (χ3n) is 5.08. The first-order chi connectivity index (χ1) is 15.8. The summed E-state index contributed by atoms with van der Waals surface area (Å²) in [6, 6.07) is 6.04. The van der Waals surface area contributed by atoms with Crippen molar-refractivity contribution in [1.29, 1.82) is 0 Å². The van der Waals surface area contributed by atoms with Crippen LogP contribution < -0.4 is 14.9 Å². The van der Waals surface area contributed by atoms with Gasteiger partial charge in [0.15, 0.2) is 11.5 Å². The number of methoxy groups -OCH3 is 2. The first-order valence-corrected chi connectivity index (χ1v) is 12.1. The van der Waals surface area contributed by atoms with Crippen LogP contribution in [0.1, 0.15) is 59.4 Å². The molecule has 1 unspecified atom stereocenters. The van der Waals surface area contributed by atoms with E-state index in [1.165, 1.54) is 11.1 Å². The van der Waals surface area contributed by atoms with Crippen molar-refractivity contribution in [2.45, 2.75) is 65.8 Å². The number of hydrazone groups is 1. The van der Waals surface area contributed by atoms with Crippen molar-refractivity contribution in [3.63, 3.8) is 0 Å². The molecule has 0 saturated carbocycles. The second-order valence-electron chi connectivity index (χ2n) is 7.60. The lowest BCUT2D eigenvalue weighted by Crippen LogP contribution is -2.22. The van der Waals surface area contributed by atoms with Crippen LogP contribution in [0.2, 0.25) is 0 Å².